The fourth-order valence-electron chi connectivity index (χ4n) is 2.75. The Morgan fingerprint density at radius 3 is 2.85 bits per heavy atom. The molecule has 0 saturated carbocycles. The van der Waals surface area contributed by atoms with Crippen LogP contribution in [0.3, 0.4) is 0 Å². The number of halogens is 2. The van der Waals surface area contributed by atoms with Crippen LogP contribution < -0.4 is 0 Å². The number of hydrogen-bond donors (Lipinski definition) is 1. The molecule has 1 amide bonds. The van der Waals surface area contributed by atoms with Gasteiger partial charge in [0.25, 0.3) is 5.91 Å². The molecule has 1 aliphatic rings. The molecule has 3 aromatic heterocycles. The Bertz CT molecular complexity index is 1090. The minimum Gasteiger partial charge on any atom is -0.347 e. The maximum Gasteiger partial charge on any atom is 0.267 e. The molecule has 6 nitrogen and oxygen atoms in total. The molecule has 0 aliphatic carbocycles. The second-order valence-electron chi connectivity index (χ2n) is 5.72. The lowest BCUT2D eigenvalue weighted by atomic mass is 10.1. The number of rotatable bonds is 1. The third-order valence-electron chi connectivity index (χ3n) is 4.09. The number of imidazole rings is 1. The number of fused-ring (bicyclic) bond motifs is 2. The topological polar surface area (TPSA) is 74.8 Å². The van der Waals surface area contributed by atoms with E-state index in [0.29, 0.717) is 28.1 Å². The van der Waals surface area contributed by atoms with Crippen molar-refractivity contribution >= 4 is 54.7 Å². The number of carbonyl (C=O) groups excluding carboxylic acids is 1. The summed E-state index contributed by atoms with van der Waals surface area (Å²) in [6, 6.07) is 4.97. The van der Waals surface area contributed by atoms with E-state index in [1.165, 1.54) is 28.7 Å². The molecular formula is C17H13BrFN5OS2. The van der Waals surface area contributed by atoms with E-state index in [9.17, 15) is 9.18 Å². The molecule has 27 heavy (non-hydrogen) atoms. The lowest BCUT2D eigenvalue weighted by Crippen LogP contribution is -2.35. The van der Waals surface area contributed by atoms with Gasteiger partial charge in [0, 0.05) is 13.0 Å². The number of nitrogens with zero attached hydrogens (tertiary/aromatic N) is 4. The summed E-state index contributed by atoms with van der Waals surface area (Å²) in [7, 11) is 0. The van der Waals surface area contributed by atoms with E-state index in [4.69, 9.17) is 0 Å². The molecule has 0 spiro atoms. The lowest BCUT2D eigenvalue weighted by Gasteiger charge is -2.25. The first-order chi connectivity index (χ1) is 13.1. The van der Waals surface area contributed by atoms with Gasteiger partial charge in [0.2, 0.25) is 0 Å². The summed E-state index contributed by atoms with van der Waals surface area (Å²) < 4.78 is 14.3. The molecule has 138 valence electrons. The van der Waals surface area contributed by atoms with Crippen LogP contribution in [-0.2, 0) is 13.0 Å². The van der Waals surface area contributed by atoms with Crippen molar-refractivity contribution in [2.75, 3.05) is 6.54 Å². The van der Waals surface area contributed by atoms with Crippen LogP contribution in [0.15, 0.2) is 40.2 Å². The average molecular weight is 466 g/mol. The molecule has 0 unspecified atom stereocenters. The summed E-state index contributed by atoms with van der Waals surface area (Å²) >= 11 is 6.10. The van der Waals surface area contributed by atoms with Crippen molar-refractivity contribution in [3.05, 3.63) is 62.2 Å². The predicted octanol–water partition coefficient (Wildman–Crippen LogP) is 4.26. The Balaban J connectivity index is 0.000000153. The first kappa shape index (κ1) is 18.2. The Kier molecular flexibility index (Phi) is 5.28. The molecule has 5 rings (SSSR count). The van der Waals surface area contributed by atoms with Crippen LogP contribution in [0.2, 0.25) is 0 Å². The van der Waals surface area contributed by atoms with E-state index < -0.39 is 0 Å². The Morgan fingerprint density at radius 1 is 1.22 bits per heavy atom. The number of H-pyrrole nitrogens is 1. The molecule has 4 heterocycles. The largest absolute Gasteiger partial charge is 0.347 e. The number of nitrogens with one attached hydrogen (secondary N) is 1. The van der Waals surface area contributed by atoms with Gasteiger partial charge >= 0.3 is 0 Å². The minimum absolute atomic E-state index is 0.0274. The normalized spacial score (nSPS) is 13.2. The molecule has 0 atom stereocenters. The Morgan fingerprint density at radius 2 is 2.07 bits per heavy atom. The summed E-state index contributed by atoms with van der Waals surface area (Å²) in [5, 5.41) is 0. The van der Waals surface area contributed by atoms with Gasteiger partial charge in [-0.25, -0.2) is 19.3 Å². The van der Waals surface area contributed by atoms with Gasteiger partial charge in [-0.2, -0.15) is 0 Å². The van der Waals surface area contributed by atoms with Crippen molar-refractivity contribution in [2.45, 2.75) is 13.0 Å². The van der Waals surface area contributed by atoms with Crippen LogP contribution in [0.4, 0.5) is 4.39 Å². The highest BCUT2D eigenvalue weighted by molar-refractivity contribution is 9.10. The molecule has 0 bridgehead atoms. The van der Waals surface area contributed by atoms with Gasteiger partial charge in [0.05, 0.1) is 40.0 Å². The highest BCUT2D eigenvalue weighted by Crippen LogP contribution is 2.24. The first-order valence-corrected chi connectivity index (χ1v) is 10.6. The maximum atomic E-state index is 12.8. The van der Waals surface area contributed by atoms with Crippen LogP contribution in [0, 0.1) is 5.82 Å². The summed E-state index contributed by atoms with van der Waals surface area (Å²) in [6.07, 6.45) is 2.49. The van der Waals surface area contributed by atoms with Gasteiger partial charge in [0.1, 0.15) is 20.8 Å². The third kappa shape index (κ3) is 3.78. The number of amides is 1. The number of para-hydroxylation sites is 1. The zero-order valence-corrected chi connectivity index (χ0v) is 17.1. The van der Waals surface area contributed by atoms with Gasteiger partial charge in [-0.3, -0.25) is 4.79 Å². The SMILES string of the molecule is Fc1cccc2scnc12.O=C(c1scnc1Br)N1CCc2nc[nH]c2C1. The molecule has 10 heteroatoms. The van der Waals surface area contributed by atoms with E-state index in [2.05, 4.69) is 35.9 Å². The molecule has 1 aliphatic heterocycles. The minimum atomic E-state index is -0.237. The van der Waals surface area contributed by atoms with Crippen LogP contribution in [0.25, 0.3) is 10.2 Å². The van der Waals surface area contributed by atoms with Gasteiger partial charge in [-0.05, 0) is 28.1 Å². The van der Waals surface area contributed by atoms with E-state index in [0.717, 1.165) is 22.5 Å². The van der Waals surface area contributed by atoms with Crippen molar-refractivity contribution in [1.82, 2.24) is 24.8 Å². The molecule has 0 fully saturated rings. The number of aromatic nitrogens is 4. The Hall–Kier alpha value is -2.17. The van der Waals surface area contributed by atoms with E-state index >= 15 is 0 Å². The van der Waals surface area contributed by atoms with Crippen molar-refractivity contribution in [3.63, 3.8) is 0 Å². The van der Waals surface area contributed by atoms with Gasteiger partial charge in [-0.15, -0.1) is 22.7 Å². The second kappa shape index (κ2) is 7.83. The molecular weight excluding hydrogens is 453 g/mol. The van der Waals surface area contributed by atoms with E-state index in [1.807, 2.05) is 11.0 Å². The Labute approximate surface area is 170 Å². The van der Waals surface area contributed by atoms with Crippen molar-refractivity contribution in [2.24, 2.45) is 0 Å². The van der Waals surface area contributed by atoms with Gasteiger partial charge in [0.15, 0.2) is 0 Å². The molecule has 1 N–H and O–H groups in total. The van der Waals surface area contributed by atoms with Crippen LogP contribution in [-0.4, -0.2) is 37.3 Å². The molecule has 4 aromatic rings. The summed E-state index contributed by atoms with van der Waals surface area (Å²) in [5.74, 6) is -0.210. The van der Waals surface area contributed by atoms with E-state index in [-0.39, 0.29) is 11.7 Å². The van der Waals surface area contributed by atoms with Crippen LogP contribution in [0.5, 0.6) is 0 Å². The highest BCUT2D eigenvalue weighted by atomic mass is 79.9. The molecule has 0 radical (unpaired) electrons. The predicted molar refractivity (Wildman–Crippen MR) is 106 cm³/mol. The van der Waals surface area contributed by atoms with Crippen molar-refractivity contribution in [3.8, 4) is 0 Å². The average Bonchev–Trinajstić information content (AvgIpc) is 3.41. The molecule has 0 saturated heterocycles. The number of benzene rings is 1. The number of hydrogen-bond acceptors (Lipinski definition) is 6. The van der Waals surface area contributed by atoms with Crippen LogP contribution in [0.1, 0.15) is 21.1 Å². The maximum absolute atomic E-state index is 12.8. The highest BCUT2D eigenvalue weighted by Gasteiger charge is 2.25. The van der Waals surface area contributed by atoms with Gasteiger partial charge in [-0.1, -0.05) is 6.07 Å². The monoisotopic (exact) mass is 465 g/mol. The summed E-state index contributed by atoms with van der Waals surface area (Å²) in [5.41, 5.74) is 5.89. The summed E-state index contributed by atoms with van der Waals surface area (Å²) in [6.45, 7) is 1.31. The fraction of sp³-hybridized carbons (Fsp3) is 0.176. The fourth-order valence-corrected chi connectivity index (χ4v) is 4.77. The smallest absolute Gasteiger partial charge is 0.267 e. The number of aromatic amines is 1. The lowest BCUT2D eigenvalue weighted by molar-refractivity contribution is 0.0735. The quantitative estimate of drug-likeness (QED) is 0.455. The van der Waals surface area contributed by atoms with Crippen molar-refractivity contribution < 1.29 is 9.18 Å². The number of carbonyl (C=O) groups is 1. The van der Waals surface area contributed by atoms with Crippen molar-refractivity contribution in [1.29, 1.82) is 0 Å². The van der Waals surface area contributed by atoms with Gasteiger partial charge < -0.3 is 9.88 Å². The van der Waals surface area contributed by atoms with E-state index in [1.54, 1.807) is 23.4 Å². The zero-order valence-electron chi connectivity index (χ0n) is 13.9. The number of thiazole rings is 2. The second-order valence-corrected chi connectivity index (χ2v) is 8.21. The first-order valence-electron chi connectivity index (χ1n) is 8.00. The third-order valence-corrected chi connectivity index (χ3v) is 6.56. The standard InChI is InChI=1S/C10H9BrN4OS.C7H4FNS/c11-9-8(17-5-14-9)10(16)15-2-1-6-7(3-15)13-4-12-6;8-5-2-1-3-6-7(5)9-4-10-6/h4-5H,1-3H2,(H,12,13);1-4H. The molecule has 1 aromatic carbocycles. The zero-order chi connectivity index (χ0) is 18.8. The summed E-state index contributed by atoms with van der Waals surface area (Å²) in [4.78, 5) is 29.9. The van der Waals surface area contributed by atoms with Crippen LogP contribution >= 0.6 is 38.6 Å².